The van der Waals surface area contributed by atoms with E-state index in [2.05, 4.69) is 0 Å². The highest BCUT2D eigenvalue weighted by molar-refractivity contribution is 6.46. The summed E-state index contributed by atoms with van der Waals surface area (Å²) in [6.07, 6.45) is 0. The third-order valence-electron chi connectivity index (χ3n) is 3.39. The first-order valence-electron chi connectivity index (χ1n) is 6.58. The summed E-state index contributed by atoms with van der Waals surface area (Å²) >= 11 is 18.6. The van der Waals surface area contributed by atoms with Gasteiger partial charge in [0, 0.05) is 11.1 Å². The molecule has 0 radical (unpaired) electrons. The number of benzene rings is 3. The van der Waals surface area contributed by atoms with Crippen molar-refractivity contribution in [2.45, 2.75) is 0 Å². The van der Waals surface area contributed by atoms with Gasteiger partial charge in [-0.1, -0.05) is 95.5 Å². The summed E-state index contributed by atoms with van der Waals surface area (Å²) in [6.45, 7) is 0. The second-order valence-electron chi connectivity index (χ2n) is 4.74. The van der Waals surface area contributed by atoms with Gasteiger partial charge in [0.25, 0.3) is 0 Å². The quantitative estimate of drug-likeness (QED) is 0.340. The lowest BCUT2D eigenvalue weighted by Gasteiger charge is -2.16. The van der Waals surface area contributed by atoms with Gasteiger partial charge in [-0.2, -0.15) is 0 Å². The van der Waals surface area contributed by atoms with Crippen molar-refractivity contribution >= 4 is 34.8 Å². The molecule has 0 fully saturated rings. The van der Waals surface area contributed by atoms with Crippen LogP contribution in [0.15, 0.2) is 60.7 Å². The van der Waals surface area contributed by atoms with Crippen molar-refractivity contribution in [3.8, 4) is 22.3 Å². The van der Waals surface area contributed by atoms with Crippen molar-refractivity contribution in [2.24, 2.45) is 0 Å². The molecule has 22 heavy (non-hydrogen) atoms. The van der Waals surface area contributed by atoms with Crippen molar-refractivity contribution in [1.29, 1.82) is 0 Å². The summed E-state index contributed by atoms with van der Waals surface area (Å²) in [5, 5.41) is -0.0294. The number of hydrogen-bond donors (Lipinski definition) is 0. The van der Waals surface area contributed by atoms with Crippen molar-refractivity contribution in [3.05, 3.63) is 81.5 Å². The van der Waals surface area contributed by atoms with E-state index in [-0.39, 0.29) is 15.1 Å². The van der Waals surface area contributed by atoms with E-state index in [0.29, 0.717) is 11.1 Å². The fraction of sp³-hybridized carbons (Fsp3) is 0. The van der Waals surface area contributed by atoms with E-state index in [9.17, 15) is 4.39 Å². The second-order valence-corrected chi connectivity index (χ2v) is 5.87. The maximum Gasteiger partial charge on any atom is 0.162 e. The predicted molar refractivity (Wildman–Crippen MR) is 92.3 cm³/mol. The molecule has 3 aromatic carbocycles. The van der Waals surface area contributed by atoms with E-state index in [4.69, 9.17) is 34.8 Å². The third-order valence-corrected chi connectivity index (χ3v) is 4.58. The average molecular weight is 352 g/mol. The number of halogens is 4. The van der Waals surface area contributed by atoms with Crippen molar-refractivity contribution in [1.82, 2.24) is 0 Å². The molecule has 0 aromatic heterocycles. The van der Waals surface area contributed by atoms with Gasteiger partial charge in [-0.05, 0) is 11.1 Å². The Morgan fingerprint density at radius 3 is 1.41 bits per heavy atom. The summed E-state index contributed by atoms with van der Waals surface area (Å²) in [5.74, 6) is -0.702. The first-order valence-corrected chi connectivity index (χ1v) is 7.71. The summed E-state index contributed by atoms with van der Waals surface area (Å²) in [5.41, 5.74) is 2.78. The van der Waals surface area contributed by atoms with Crippen LogP contribution in [0.1, 0.15) is 0 Å². The van der Waals surface area contributed by atoms with Crippen LogP contribution in [0.25, 0.3) is 22.3 Å². The zero-order valence-corrected chi connectivity index (χ0v) is 13.6. The molecule has 0 nitrogen and oxygen atoms in total. The lowest BCUT2D eigenvalue weighted by atomic mass is 9.94. The number of rotatable bonds is 2. The fourth-order valence-corrected chi connectivity index (χ4v) is 3.21. The van der Waals surface area contributed by atoms with Gasteiger partial charge in [-0.3, -0.25) is 0 Å². The highest BCUT2D eigenvalue weighted by Gasteiger charge is 2.23. The topological polar surface area (TPSA) is 0 Å². The fourth-order valence-electron chi connectivity index (χ4n) is 2.38. The molecule has 0 spiro atoms. The van der Waals surface area contributed by atoms with Gasteiger partial charge in [0.1, 0.15) is 0 Å². The smallest absolute Gasteiger partial charge is 0.162 e. The average Bonchev–Trinajstić information content (AvgIpc) is 2.57. The van der Waals surface area contributed by atoms with E-state index in [1.807, 2.05) is 60.7 Å². The lowest BCUT2D eigenvalue weighted by Crippen LogP contribution is -1.93. The summed E-state index contributed by atoms with van der Waals surface area (Å²) in [7, 11) is 0. The Morgan fingerprint density at radius 2 is 0.955 bits per heavy atom. The maximum atomic E-state index is 14.3. The van der Waals surface area contributed by atoms with E-state index in [1.165, 1.54) is 0 Å². The van der Waals surface area contributed by atoms with Gasteiger partial charge in [-0.25, -0.2) is 4.39 Å². The van der Waals surface area contributed by atoms with Crippen LogP contribution in [-0.2, 0) is 0 Å². The molecule has 0 N–H and O–H groups in total. The van der Waals surface area contributed by atoms with Crippen molar-refractivity contribution < 1.29 is 4.39 Å². The molecule has 0 aliphatic rings. The molecule has 0 saturated carbocycles. The highest BCUT2D eigenvalue weighted by Crippen LogP contribution is 2.47. The minimum Gasteiger partial charge on any atom is -0.204 e. The molecule has 110 valence electrons. The Bertz CT molecular complexity index is 744. The summed E-state index contributed by atoms with van der Waals surface area (Å²) < 4.78 is 14.3. The molecule has 4 heteroatoms. The Kier molecular flexibility index (Phi) is 4.39. The molecule has 0 aliphatic carbocycles. The predicted octanol–water partition coefficient (Wildman–Crippen LogP) is 7.12. The van der Waals surface area contributed by atoms with Crippen LogP contribution in [0, 0.1) is 5.82 Å². The van der Waals surface area contributed by atoms with Crippen LogP contribution in [0.4, 0.5) is 4.39 Å². The molecule has 0 bridgehead atoms. The van der Waals surface area contributed by atoms with E-state index in [0.717, 1.165) is 11.1 Å². The second kappa shape index (κ2) is 6.29. The first-order chi connectivity index (χ1) is 10.6. The van der Waals surface area contributed by atoms with E-state index >= 15 is 0 Å². The summed E-state index contributed by atoms with van der Waals surface area (Å²) in [6, 6.07) is 18.8. The third kappa shape index (κ3) is 2.61. The minimum absolute atomic E-state index is 0.0283. The van der Waals surface area contributed by atoms with Crippen molar-refractivity contribution in [3.63, 3.8) is 0 Å². The summed E-state index contributed by atoms with van der Waals surface area (Å²) in [4.78, 5) is 0. The molecule has 3 aromatic rings. The number of hydrogen-bond acceptors (Lipinski definition) is 0. The van der Waals surface area contributed by atoms with Crippen LogP contribution in [0.5, 0.6) is 0 Å². The van der Waals surface area contributed by atoms with Crippen molar-refractivity contribution in [2.75, 3.05) is 0 Å². The maximum absolute atomic E-state index is 14.3. The van der Waals surface area contributed by atoms with Crippen LogP contribution >= 0.6 is 34.8 Å². The molecule has 0 unspecified atom stereocenters. The van der Waals surface area contributed by atoms with E-state index in [1.54, 1.807) is 0 Å². The SMILES string of the molecule is Fc1c(Cl)c(Cl)c(-c2ccccc2)c(-c2ccccc2)c1Cl. The zero-order chi connectivity index (χ0) is 15.7. The van der Waals surface area contributed by atoms with Crippen LogP contribution in [-0.4, -0.2) is 0 Å². The minimum atomic E-state index is -0.702. The van der Waals surface area contributed by atoms with Crippen LogP contribution in [0.3, 0.4) is 0 Å². The standard InChI is InChI=1S/C18H10Cl3F/c19-15-13(11-7-3-1-4-8-11)14(12-9-5-2-6-10-12)16(20)18(22)17(15)21/h1-10H. The van der Waals surface area contributed by atoms with E-state index < -0.39 is 5.82 Å². The molecular weight excluding hydrogens is 342 g/mol. The molecule has 0 atom stereocenters. The van der Waals surface area contributed by atoms with Gasteiger partial charge >= 0.3 is 0 Å². The van der Waals surface area contributed by atoms with Crippen LogP contribution in [0.2, 0.25) is 15.1 Å². The molecule has 0 saturated heterocycles. The Hall–Kier alpha value is -1.54. The van der Waals surface area contributed by atoms with Gasteiger partial charge in [0.05, 0.1) is 15.1 Å². The van der Waals surface area contributed by atoms with Crippen LogP contribution < -0.4 is 0 Å². The normalized spacial score (nSPS) is 10.7. The molecule has 3 rings (SSSR count). The lowest BCUT2D eigenvalue weighted by molar-refractivity contribution is 0.629. The largest absolute Gasteiger partial charge is 0.204 e. The van der Waals surface area contributed by atoms with Gasteiger partial charge in [-0.15, -0.1) is 0 Å². The zero-order valence-electron chi connectivity index (χ0n) is 11.3. The first kappa shape index (κ1) is 15.4. The van der Waals surface area contributed by atoms with Gasteiger partial charge in [0.2, 0.25) is 0 Å². The Balaban J connectivity index is 2.42. The van der Waals surface area contributed by atoms with Gasteiger partial charge in [0.15, 0.2) is 5.82 Å². The molecule has 0 aliphatic heterocycles. The Labute approximate surface area is 143 Å². The monoisotopic (exact) mass is 350 g/mol. The molecular formula is C18H10Cl3F. The highest BCUT2D eigenvalue weighted by atomic mass is 35.5. The van der Waals surface area contributed by atoms with Gasteiger partial charge < -0.3 is 0 Å². The molecule has 0 heterocycles. The molecule has 0 amide bonds. The Morgan fingerprint density at radius 1 is 0.545 bits per heavy atom.